The van der Waals surface area contributed by atoms with Gasteiger partial charge in [-0.15, -0.1) is 0 Å². The highest BCUT2D eigenvalue weighted by molar-refractivity contribution is 5.95. The van der Waals surface area contributed by atoms with Gasteiger partial charge in [-0.1, -0.05) is 13.0 Å². The standard InChI is InChI=1S/C13H15NO3/c1-3-12(16)17-10-6-4-8(2)13-9(10)5-7-11(15)14-13/h4,6H,3,5,7H2,1-2H3,(H,14,15). The third-order valence-electron chi connectivity index (χ3n) is 2.86. The third-order valence-corrected chi connectivity index (χ3v) is 2.86. The van der Waals surface area contributed by atoms with Crippen LogP contribution < -0.4 is 10.1 Å². The predicted molar refractivity (Wildman–Crippen MR) is 64.1 cm³/mol. The van der Waals surface area contributed by atoms with Crippen molar-refractivity contribution >= 4 is 17.6 Å². The molecule has 4 heteroatoms. The Balaban J connectivity index is 2.39. The van der Waals surface area contributed by atoms with Crippen molar-refractivity contribution < 1.29 is 14.3 Å². The Morgan fingerprint density at radius 3 is 2.88 bits per heavy atom. The number of hydrogen-bond donors (Lipinski definition) is 1. The van der Waals surface area contributed by atoms with Crippen LogP contribution in [0.4, 0.5) is 5.69 Å². The molecule has 17 heavy (non-hydrogen) atoms. The van der Waals surface area contributed by atoms with Crippen LogP contribution in [0.1, 0.15) is 30.9 Å². The van der Waals surface area contributed by atoms with Gasteiger partial charge >= 0.3 is 5.97 Å². The summed E-state index contributed by atoms with van der Waals surface area (Å²) in [7, 11) is 0. The Bertz CT molecular complexity index is 480. The second-order valence-electron chi connectivity index (χ2n) is 4.11. The SMILES string of the molecule is CCC(=O)Oc1ccc(C)c2c1CCC(=O)N2. The number of anilines is 1. The number of carbonyl (C=O) groups is 2. The van der Waals surface area contributed by atoms with E-state index in [1.54, 1.807) is 13.0 Å². The van der Waals surface area contributed by atoms with Gasteiger partial charge in [-0.05, 0) is 25.0 Å². The number of hydrogen-bond acceptors (Lipinski definition) is 3. The summed E-state index contributed by atoms with van der Waals surface area (Å²) in [5.74, 6) is 0.324. The minimum absolute atomic E-state index is 0.0135. The minimum Gasteiger partial charge on any atom is -0.426 e. The summed E-state index contributed by atoms with van der Waals surface area (Å²) < 4.78 is 5.26. The minimum atomic E-state index is -0.257. The Morgan fingerprint density at radius 2 is 2.18 bits per heavy atom. The van der Waals surface area contributed by atoms with Crippen molar-refractivity contribution in [2.75, 3.05) is 5.32 Å². The molecule has 0 aliphatic carbocycles. The van der Waals surface area contributed by atoms with Crippen molar-refractivity contribution in [1.82, 2.24) is 0 Å². The zero-order valence-electron chi connectivity index (χ0n) is 10.0. The number of esters is 1. The maximum absolute atomic E-state index is 11.3. The van der Waals surface area contributed by atoms with Crippen LogP contribution in [-0.4, -0.2) is 11.9 Å². The number of benzene rings is 1. The zero-order chi connectivity index (χ0) is 12.4. The molecule has 1 aromatic carbocycles. The van der Waals surface area contributed by atoms with Crippen LogP contribution in [0.5, 0.6) is 5.75 Å². The lowest BCUT2D eigenvalue weighted by Crippen LogP contribution is -2.21. The lowest BCUT2D eigenvalue weighted by molar-refractivity contribution is -0.134. The van der Waals surface area contributed by atoms with Gasteiger partial charge in [0, 0.05) is 18.4 Å². The van der Waals surface area contributed by atoms with Crippen LogP contribution in [0.25, 0.3) is 0 Å². The quantitative estimate of drug-likeness (QED) is 0.629. The normalized spacial score (nSPS) is 13.9. The summed E-state index contributed by atoms with van der Waals surface area (Å²) in [4.78, 5) is 22.7. The van der Waals surface area contributed by atoms with E-state index in [1.807, 2.05) is 13.0 Å². The summed E-state index contributed by atoms with van der Waals surface area (Å²) in [5.41, 5.74) is 2.71. The van der Waals surface area contributed by atoms with Crippen molar-refractivity contribution in [3.05, 3.63) is 23.3 Å². The van der Waals surface area contributed by atoms with Gasteiger partial charge in [0.05, 0.1) is 5.69 Å². The molecule has 4 nitrogen and oxygen atoms in total. The number of carbonyl (C=O) groups excluding carboxylic acids is 2. The molecule has 0 unspecified atom stereocenters. The maximum Gasteiger partial charge on any atom is 0.310 e. The molecule has 0 spiro atoms. The second-order valence-corrected chi connectivity index (χ2v) is 4.11. The van der Waals surface area contributed by atoms with Gasteiger partial charge in [0.15, 0.2) is 0 Å². The molecule has 1 aromatic rings. The number of ether oxygens (including phenoxy) is 1. The molecule has 0 atom stereocenters. The van der Waals surface area contributed by atoms with Crippen LogP contribution >= 0.6 is 0 Å². The molecule has 1 amide bonds. The van der Waals surface area contributed by atoms with Gasteiger partial charge in [0.1, 0.15) is 5.75 Å². The third kappa shape index (κ3) is 2.30. The van der Waals surface area contributed by atoms with Gasteiger partial charge < -0.3 is 10.1 Å². The number of nitrogens with one attached hydrogen (secondary N) is 1. The number of rotatable bonds is 2. The van der Waals surface area contributed by atoms with Crippen molar-refractivity contribution in [2.45, 2.75) is 33.1 Å². The summed E-state index contributed by atoms with van der Waals surface area (Å²) in [6.45, 7) is 3.68. The van der Waals surface area contributed by atoms with E-state index in [-0.39, 0.29) is 11.9 Å². The monoisotopic (exact) mass is 233 g/mol. The second kappa shape index (κ2) is 4.57. The van der Waals surface area contributed by atoms with Crippen LogP contribution in [0.15, 0.2) is 12.1 Å². The topological polar surface area (TPSA) is 55.4 Å². The Kier molecular flexibility index (Phi) is 3.13. The van der Waals surface area contributed by atoms with Crippen LogP contribution in [0.2, 0.25) is 0 Å². The molecule has 0 aromatic heterocycles. The fraction of sp³-hybridized carbons (Fsp3) is 0.385. The molecule has 0 radical (unpaired) electrons. The van der Waals surface area contributed by atoms with Gasteiger partial charge in [-0.2, -0.15) is 0 Å². The highest BCUT2D eigenvalue weighted by Crippen LogP contribution is 2.34. The highest BCUT2D eigenvalue weighted by Gasteiger charge is 2.21. The maximum atomic E-state index is 11.3. The molecule has 0 saturated carbocycles. The summed E-state index contributed by atoms with van der Waals surface area (Å²) in [6, 6.07) is 3.64. The fourth-order valence-corrected chi connectivity index (χ4v) is 1.90. The van der Waals surface area contributed by atoms with Crippen molar-refractivity contribution in [3.8, 4) is 5.75 Å². The van der Waals surface area contributed by atoms with Crippen molar-refractivity contribution in [1.29, 1.82) is 0 Å². The van der Waals surface area contributed by atoms with E-state index in [9.17, 15) is 9.59 Å². The van der Waals surface area contributed by atoms with Gasteiger partial charge in [-0.3, -0.25) is 9.59 Å². The summed E-state index contributed by atoms with van der Waals surface area (Å²) >= 11 is 0. The molecule has 0 bridgehead atoms. The lowest BCUT2D eigenvalue weighted by atomic mass is 9.98. The number of aryl methyl sites for hydroxylation is 1. The first kappa shape index (κ1) is 11.6. The van der Waals surface area contributed by atoms with Crippen LogP contribution in [0.3, 0.4) is 0 Å². The first-order chi connectivity index (χ1) is 8.11. The molecule has 1 N–H and O–H groups in total. The first-order valence-electron chi connectivity index (χ1n) is 5.74. The van der Waals surface area contributed by atoms with Gasteiger partial charge in [0.2, 0.25) is 5.91 Å². The van der Waals surface area contributed by atoms with E-state index >= 15 is 0 Å². The molecule has 2 rings (SSSR count). The molecule has 1 aliphatic rings. The van der Waals surface area contributed by atoms with Crippen LogP contribution in [0, 0.1) is 6.92 Å². The Morgan fingerprint density at radius 1 is 1.41 bits per heavy atom. The van der Waals surface area contributed by atoms with E-state index in [0.717, 1.165) is 16.8 Å². The average Bonchev–Trinajstić information content (AvgIpc) is 2.33. The molecule has 0 saturated heterocycles. The molecule has 1 aliphatic heterocycles. The Hall–Kier alpha value is -1.84. The number of amides is 1. The summed E-state index contributed by atoms with van der Waals surface area (Å²) in [6.07, 6.45) is 1.40. The van der Waals surface area contributed by atoms with E-state index in [1.165, 1.54) is 0 Å². The van der Waals surface area contributed by atoms with E-state index in [0.29, 0.717) is 25.0 Å². The smallest absolute Gasteiger partial charge is 0.310 e. The highest BCUT2D eigenvalue weighted by atomic mass is 16.5. The first-order valence-corrected chi connectivity index (χ1v) is 5.74. The van der Waals surface area contributed by atoms with Crippen molar-refractivity contribution in [3.63, 3.8) is 0 Å². The molecule has 90 valence electrons. The zero-order valence-corrected chi connectivity index (χ0v) is 10.0. The lowest BCUT2D eigenvalue weighted by Gasteiger charge is -2.21. The van der Waals surface area contributed by atoms with E-state index < -0.39 is 0 Å². The van der Waals surface area contributed by atoms with Gasteiger partial charge in [0.25, 0.3) is 0 Å². The molecular formula is C13H15NO3. The van der Waals surface area contributed by atoms with Crippen LogP contribution in [-0.2, 0) is 16.0 Å². The van der Waals surface area contributed by atoms with E-state index in [4.69, 9.17) is 4.74 Å². The predicted octanol–water partition coefficient (Wildman–Crippen LogP) is 2.20. The summed E-state index contributed by atoms with van der Waals surface area (Å²) in [5, 5.41) is 2.83. The van der Waals surface area contributed by atoms with E-state index in [2.05, 4.69) is 5.32 Å². The largest absolute Gasteiger partial charge is 0.426 e. The average molecular weight is 233 g/mol. The fourth-order valence-electron chi connectivity index (χ4n) is 1.90. The number of fused-ring (bicyclic) bond motifs is 1. The van der Waals surface area contributed by atoms with Gasteiger partial charge in [-0.25, -0.2) is 0 Å². The molecule has 0 fully saturated rings. The Labute approximate surface area is 100.0 Å². The van der Waals surface area contributed by atoms with Crippen molar-refractivity contribution in [2.24, 2.45) is 0 Å². The molecular weight excluding hydrogens is 218 g/mol. The molecule has 1 heterocycles.